The van der Waals surface area contributed by atoms with Crippen LogP contribution in [0.2, 0.25) is 0 Å². The molecule has 0 spiro atoms. The van der Waals surface area contributed by atoms with Crippen molar-refractivity contribution in [3.05, 3.63) is 24.3 Å². The molecule has 1 saturated carbocycles. The van der Waals surface area contributed by atoms with Gasteiger partial charge in [0, 0.05) is 17.2 Å². The molecule has 0 aliphatic heterocycles. The Labute approximate surface area is 110 Å². The largest absolute Gasteiger partial charge is 0.326 e. The quantitative estimate of drug-likeness (QED) is 0.880. The molecule has 1 amide bonds. The molecule has 0 unspecified atom stereocenters. The molecule has 0 saturated heterocycles. The summed E-state index contributed by atoms with van der Waals surface area (Å²) in [5.41, 5.74) is 1.61. The van der Waals surface area contributed by atoms with Crippen molar-refractivity contribution in [2.24, 2.45) is 5.92 Å². The van der Waals surface area contributed by atoms with Crippen LogP contribution in [0, 0.1) is 5.92 Å². The minimum Gasteiger partial charge on any atom is -0.326 e. The second kappa shape index (κ2) is 5.17. The number of aromatic nitrogens is 4. The highest BCUT2D eigenvalue weighted by Crippen LogP contribution is 2.26. The lowest BCUT2D eigenvalue weighted by Gasteiger charge is -2.10. The average molecular weight is 257 g/mol. The summed E-state index contributed by atoms with van der Waals surface area (Å²) in [4.78, 5) is 12.1. The third kappa shape index (κ3) is 2.62. The van der Waals surface area contributed by atoms with Crippen LogP contribution >= 0.6 is 0 Å². The number of H-pyrrole nitrogens is 1. The SMILES string of the molecule is O=C(Nc1cccc(-c2nn[nH]n2)c1)C1CCCC1. The lowest BCUT2D eigenvalue weighted by Crippen LogP contribution is -2.20. The Morgan fingerprint density at radius 2 is 2.16 bits per heavy atom. The van der Waals surface area contributed by atoms with Crippen LogP contribution in [0.1, 0.15) is 25.7 Å². The lowest BCUT2D eigenvalue weighted by molar-refractivity contribution is -0.119. The van der Waals surface area contributed by atoms with Gasteiger partial charge in [-0.1, -0.05) is 25.0 Å². The molecule has 1 aromatic heterocycles. The summed E-state index contributed by atoms with van der Waals surface area (Å²) in [6.07, 6.45) is 4.30. The molecular weight excluding hydrogens is 242 g/mol. The Hall–Kier alpha value is -2.24. The number of nitrogens with zero attached hydrogens (tertiary/aromatic N) is 3. The van der Waals surface area contributed by atoms with E-state index in [0.29, 0.717) is 5.82 Å². The highest BCUT2D eigenvalue weighted by atomic mass is 16.1. The fourth-order valence-corrected chi connectivity index (χ4v) is 2.45. The van der Waals surface area contributed by atoms with Gasteiger partial charge in [-0.15, -0.1) is 10.2 Å². The fraction of sp³-hybridized carbons (Fsp3) is 0.385. The molecule has 3 rings (SSSR count). The number of anilines is 1. The molecule has 1 aliphatic carbocycles. The van der Waals surface area contributed by atoms with Gasteiger partial charge >= 0.3 is 0 Å². The van der Waals surface area contributed by atoms with Gasteiger partial charge in [0.05, 0.1) is 0 Å². The zero-order chi connectivity index (χ0) is 13.1. The van der Waals surface area contributed by atoms with Crippen LogP contribution in [0.3, 0.4) is 0 Å². The minimum absolute atomic E-state index is 0.114. The van der Waals surface area contributed by atoms with Gasteiger partial charge in [0.15, 0.2) is 0 Å². The highest BCUT2D eigenvalue weighted by molar-refractivity contribution is 5.93. The molecule has 2 N–H and O–H groups in total. The maximum absolute atomic E-state index is 12.1. The molecule has 19 heavy (non-hydrogen) atoms. The number of nitrogens with one attached hydrogen (secondary N) is 2. The van der Waals surface area contributed by atoms with Crippen LogP contribution < -0.4 is 5.32 Å². The number of rotatable bonds is 3. The Morgan fingerprint density at radius 3 is 2.89 bits per heavy atom. The lowest BCUT2D eigenvalue weighted by atomic mass is 10.1. The van der Waals surface area contributed by atoms with Crippen LogP contribution in [0.15, 0.2) is 24.3 Å². The van der Waals surface area contributed by atoms with Crippen molar-refractivity contribution in [3.63, 3.8) is 0 Å². The summed E-state index contributed by atoms with van der Waals surface area (Å²) in [6, 6.07) is 7.49. The van der Waals surface area contributed by atoms with Crippen molar-refractivity contribution in [3.8, 4) is 11.4 Å². The number of tetrazole rings is 1. The smallest absolute Gasteiger partial charge is 0.227 e. The first-order valence-corrected chi connectivity index (χ1v) is 6.48. The summed E-state index contributed by atoms with van der Waals surface area (Å²) in [7, 11) is 0. The number of aromatic amines is 1. The van der Waals surface area contributed by atoms with Gasteiger partial charge in [0.1, 0.15) is 0 Å². The second-order valence-electron chi connectivity index (χ2n) is 4.79. The first kappa shape index (κ1) is 11.8. The van der Waals surface area contributed by atoms with Crippen LogP contribution in [-0.2, 0) is 4.79 Å². The van der Waals surface area contributed by atoms with Crippen molar-refractivity contribution in [1.29, 1.82) is 0 Å². The maximum Gasteiger partial charge on any atom is 0.227 e. The van der Waals surface area contributed by atoms with Crippen molar-refractivity contribution < 1.29 is 4.79 Å². The number of benzene rings is 1. The van der Waals surface area contributed by atoms with Gasteiger partial charge in [0.2, 0.25) is 11.7 Å². The summed E-state index contributed by atoms with van der Waals surface area (Å²) < 4.78 is 0. The molecule has 0 atom stereocenters. The monoisotopic (exact) mass is 257 g/mol. The number of carbonyl (C=O) groups is 1. The Morgan fingerprint density at radius 1 is 1.32 bits per heavy atom. The average Bonchev–Trinajstić information content (AvgIpc) is 3.13. The minimum atomic E-state index is 0.114. The molecule has 2 aromatic rings. The molecular formula is C13H15N5O. The molecule has 6 nitrogen and oxygen atoms in total. The van der Waals surface area contributed by atoms with E-state index < -0.39 is 0 Å². The van der Waals surface area contributed by atoms with E-state index in [1.165, 1.54) is 0 Å². The third-order valence-corrected chi connectivity index (χ3v) is 3.46. The zero-order valence-corrected chi connectivity index (χ0v) is 10.5. The van der Waals surface area contributed by atoms with Crippen molar-refractivity contribution in [1.82, 2.24) is 20.6 Å². The topological polar surface area (TPSA) is 83.6 Å². The van der Waals surface area contributed by atoms with Crippen LogP contribution in [0.5, 0.6) is 0 Å². The Kier molecular flexibility index (Phi) is 3.22. The molecule has 0 radical (unpaired) electrons. The van der Waals surface area contributed by atoms with Gasteiger partial charge in [-0.05, 0) is 30.2 Å². The van der Waals surface area contributed by atoms with Gasteiger partial charge in [-0.25, -0.2) is 0 Å². The van der Waals surface area contributed by atoms with E-state index in [1.54, 1.807) is 0 Å². The maximum atomic E-state index is 12.1. The van der Waals surface area contributed by atoms with Crippen molar-refractivity contribution in [2.75, 3.05) is 5.32 Å². The molecule has 1 heterocycles. The first-order chi connectivity index (χ1) is 9.33. The standard InChI is InChI=1S/C13H15N5O/c19-13(9-4-1-2-5-9)14-11-7-3-6-10(8-11)12-15-17-18-16-12/h3,6-9H,1-2,4-5H2,(H,14,19)(H,15,16,17,18). The number of hydrogen-bond acceptors (Lipinski definition) is 4. The van der Waals surface area contributed by atoms with Gasteiger partial charge < -0.3 is 5.32 Å². The van der Waals surface area contributed by atoms with Crippen molar-refractivity contribution >= 4 is 11.6 Å². The summed E-state index contributed by atoms with van der Waals surface area (Å²) in [5.74, 6) is 0.800. The van der Waals surface area contributed by atoms with E-state index in [4.69, 9.17) is 0 Å². The van der Waals surface area contributed by atoms with Gasteiger partial charge in [-0.2, -0.15) is 5.21 Å². The van der Waals surface area contributed by atoms with Gasteiger partial charge in [-0.3, -0.25) is 4.79 Å². The van der Waals surface area contributed by atoms with Crippen LogP contribution in [0.4, 0.5) is 5.69 Å². The Bertz CT molecular complexity index is 560. The highest BCUT2D eigenvalue weighted by Gasteiger charge is 2.22. The van der Waals surface area contributed by atoms with Gasteiger partial charge in [0.25, 0.3) is 0 Å². The first-order valence-electron chi connectivity index (χ1n) is 6.48. The molecule has 6 heteroatoms. The predicted octanol–water partition coefficient (Wildman–Crippen LogP) is 2.00. The number of amides is 1. The fourth-order valence-electron chi connectivity index (χ4n) is 2.45. The molecule has 1 aromatic carbocycles. The molecule has 98 valence electrons. The second-order valence-corrected chi connectivity index (χ2v) is 4.79. The van der Waals surface area contributed by atoms with E-state index in [0.717, 1.165) is 36.9 Å². The van der Waals surface area contributed by atoms with E-state index in [-0.39, 0.29) is 11.8 Å². The summed E-state index contributed by atoms with van der Waals surface area (Å²) in [5, 5.41) is 16.8. The molecule has 0 bridgehead atoms. The normalized spacial score (nSPS) is 15.6. The van der Waals surface area contributed by atoms with E-state index in [2.05, 4.69) is 25.9 Å². The van der Waals surface area contributed by atoms with E-state index >= 15 is 0 Å². The third-order valence-electron chi connectivity index (χ3n) is 3.46. The van der Waals surface area contributed by atoms with E-state index in [9.17, 15) is 4.79 Å². The molecule has 1 fully saturated rings. The van der Waals surface area contributed by atoms with Crippen LogP contribution in [0.25, 0.3) is 11.4 Å². The predicted molar refractivity (Wildman–Crippen MR) is 70.2 cm³/mol. The van der Waals surface area contributed by atoms with E-state index in [1.807, 2.05) is 24.3 Å². The molecule has 1 aliphatic rings. The number of carbonyl (C=O) groups excluding carboxylic acids is 1. The summed E-state index contributed by atoms with van der Waals surface area (Å²) in [6.45, 7) is 0. The van der Waals surface area contributed by atoms with Crippen LogP contribution in [-0.4, -0.2) is 26.5 Å². The number of hydrogen-bond donors (Lipinski definition) is 2. The Balaban J connectivity index is 1.74. The summed E-state index contributed by atoms with van der Waals surface area (Å²) >= 11 is 0. The zero-order valence-electron chi connectivity index (χ0n) is 10.5. The van der Waals surface area contributed by atoms with Crippen molar-refractivity contribution in [2.45, 2.75) is 25.7 Å².